The standard InChI is InChI=1S/C12H17F3N2O4S/c1-7-10(8(2)21-16-7)22(19,20)17-5-3-9(4-6-17)11(18)12(13,14)15/h9,11,18H,3-6H2,1-2H3. The van der Waals surface area contributed by atoms with Crippen molar-refractivity contribution >= 4 is 10.0 Å². The summed E-state index contributed by atoms with van der Waals surface area (Å²) in [6.07, 6.45) is -7.21. The molecule has 0 radical (unpaired) electrons. The van der Waals surface area contributed by atoms with E-state index in [1.54, 1.807) is 0 Å². The van der Waals surface area contributed by atoms with Crippen LogP contribution in [0.25, 0.3) is 0 Å². The van der Waals surface area contributed by atoms with Gasteiger partial charge >= 0.3 is 6.18 Å². The maximum Gasteiger partial charge on any atom is 0.414 e. The van der Waals surface area contributed by atoms with Gasteiger partial charge in [-0.1, -0.05) is 5.16 Å². The molecular weight excluding hydrogens is 325 g/mol. The number of aryl methyl sites for hydroxylation is 2. The molecule has 1 aromatic rings. The SMILES string of the molecule is Cc1noc(C)c1S(=O)(=O)N1CCC(C(O)C(F)(F)F)CC1. The maximum absolute atomic E-state index is 12.5. The van der Waals surface area contributed by atoms with Crippen molar-refractivity contribution in [2.24, 2.45) is 5.92 Å². The summed E-state index contributed by atoms with van der Waals surface area (Å²) in [7, 11) is -3.85. The van der Waals surface area contributed by atoms with Gasteiger partial charge < -0.3 is 9.63 Å². The summed E-state index contributed by atoms with van der Waals surface area (Å²) in [6.45, 7) is 2.80. The molecule has 0 aliphatic carbocycles. The average molecular weight is 342 g/mol. The number of nitrogens with zero attached hydrogens (tertiary/aromatic N) is 2. The molecule has 0 saturated carbocycles. The Morgan fingerprint density at radius 2 is 1.86 bits per heavy atom. The molecule has 2 heterocycles. The van der Waals surface area contributed by atoms with Crippen molar-refractivity contribution < 1.29 is 31.2 Å². The van der Waals surface area contributed by atoms with Gasteiger partial charge in [-0.25, -0.2) is 8.42 Å². The minimum absolute atomic E-state index is 0.0395. The van der Waals surface area contributed by atoms with Crippen molar-refractivity contribution in [3.05, 3.63) is 11.5 Å². The number of aliphatic hydroxyl groups is 1. The summed E-state index contributed by atoms with van der Waals surface area (Å²) in [5.41, 5.74) is 0.218. The minimum Gasteiger partial charge on any atom is -0.383 e. The molecular formula is C12H17F3N2O4S. The third kappa shape index (κ3) is 3.13. The Morgan fingerprint density at radius 1 is 1.32 bits per heavy atom. The number of aromatic nitrogens is 1. The molecule has 10 heteroatoms. The van der Waals surface area contributed by atoms with Crippen molar-refractivity contribution in [1.82, 2.24) is 9.46 Å². The average Bonchev–Trinajstić information content (AvgIpc) is 2.77. The first kappa shape index (κ1) is 17.2. The van der Waals surface area contributed by atoms with Gasteiger partial charge in [-0.2, -0.15) is 17.5 Å². The van der Waals surface area contributed by atoms with Gasteiger partial charge in [0.2, 0.25) is 10.0 Å². The highest BCUT2D eigenvalue weighted by atomic mass is 32.2. The molecule has 0 bridgehead atoms. The molecule has 1 unspecified atom stereocenters. The second kappa shape index (κ2) is 5.82. The Hall–Kier alpha value is -1.13. The lowest BCUT2D eigenvalue weighted by Crippen LogP contribution is -2.45. The fourth-order valence-electron chi connectivity index (χ4n) is 2.67. The van der Waals surface area contributed by atoms with Crippen LogP contribution in [0.3, 0.4) is 0 Å². The van der Waals surface area contributed by atoms with Crippen LogP contribution in [0, 0.1) is 19.8 Å². The predicted molar refractivity (Wildman–Crippen MR) is 69.5 cm³/mol. The quantitative estimate of drug-likeness (QED) is 0.902. The van der Waals surface area contributed by atoms with Gasteiger partial charge in [0.25, 0.3) is 0 Å². The van der Waals surface area contributed by atoms with Crippen LogP contribution in [0.4, 0.5) is 13.2 Å². The molecule has 6 nitrogen and oxygen atoms in total. The Balaban J connectivity index is 2.12. The molecule has 22 heavy (non-hydrogen) atoms. The second-order valence-corrected chi connectivity index (χ2v) is 7.26. The highest BCUT2D eigenvalue weighted by molar-refractivity contribution is 7.89. The van der Waals surface area contributed by atoms with Crippen LogP contribution in [0.1, 0.15) is 24.3 Å². The Bertz CT molecular complexity index is 614. The van der Waals surface area contributed by atoms with Crippen molar-refractivity contribution in [2.75, 3.05) is 13.1 Å². The van der Waals surface area contributed by atoms with Gasteiger partial charge in [-0.05, 0) is 32.6 Å². The first-order valence-corrected chi connectivity index (χ1v) is 8.17. The van der Waals surface area contributed by atoms with Crippen molar-refractivity contribution in [2.45, 2.75) is 43.9 Å². The van der Waals surface area contributed by atoms with Gasteiger partial charge in [0.15, 0.2) is 11.9 Å². The number of hydrogen-bond acceptors (Lipinski definition) is 5. The molecule has 1 N–H and O–H groups in total. The van der Waals surface area contributed by atoms with Crippen molar-refractivity contribution in [1.29, 1.82) is 0 Å². The van der Waals surface area contributed by atoms with E-state index in [1.165, 1.54) is 13.8 Å². The van der Waals surface area contributed by atoms with E-state index >= 15 is 0 Å². The van der Waals surface area contributed by atoms with Crippen LogP contribution in [0.2, 0.25) is 0 Å². The van der Waals surface area contributed by atoms with Crippen molar-refractivity contribution in [3.63, 3.8) is 0 Å². The lowest BCUT2D eigenvalue weighted by atomic mass is 9.92. The van der Waals surface area contributed by atoms with Crippen LogP contribution in [0.15, 0.2) is 9.42 Å². The van der Waals surface area contributed by atoms with E-state index in [9.17, 15) is 26.7 Å². The summed E-state index contributed by atoms with van der Waals surface area (Å²) in [4.78, 5) is -0.0395. The zero-order chi connectivity index (χ0) is 16.7. The molecule has 1 aromatic heterocycles. The molecule has 1 aliphatic heterocycles. The number of alkyl halides is 3. The lowest BCUT2D eigenvalue weighted by molar-refractivity contribution is -0.222. The summed E-state index contributed by atoms with van der Waals surface area (Å²) in [6, 6.07) is 0. The van der Waals surface area contributed by atoms with E-state index in [2.05, 4.69) is 5.16 Å². The summed E-state index contributed by atoms with van der Waals surface area (Å²) in [5, 5.41) is 12.8. The summed E-state index contributed by atoms with van der Waals surface area (Å²) >= 11 is 0. The summed E-state index contributed by atoms with van der Waals surface area (Å²) < 4.78 is 68.4. The van der Waals surface area contributed by atoms with Crippen LogP contribution in [0.5, 0.6) is 0 Å². The third-order valence-corrected chi connectivity index (χ3v) is 5.99. The van der Waals surface area contributed by atoms with Crippen LogP contribution in [-0.2, 0) is 10.0 Å². The Labute approximate surface area is 125 Å². The summed E-state index contributed by atoms with van der Waals surface area (Å²) in [5.74, 6) is -0.842. The largest absolute Gasteiger partial charge is 0.414 e. The first-order chi connectivity index (χ1) is 10.0. The van der Waals surface area contributed by atoms with E-state index in [0.29, 0.717) is 0 Å². The molecule has 1 saturated heterocycles. The lowest BCUT2D eigenvalue weighted by Gasteiger charge is -2.33. The third-order valence-electron chi connectivity index (χ3n) is 3.85. The first-order valence-electron chi connectivity index (χ1n) is 6.73. The molecule has 126 valence electrons. The highest BCUT2D eigenvalue weighted by Crippen LogP contribution is 2.33. The number of halogens is 3. The number of aliphatic hydroxyl groups excluding tert-OH is 1. The molecule has 0 aromatic carbocycles. The number of piperidine rings is 1. The van der Waals surface area contributed by atoms with E-state index in [-0.39, 0.29) is 42.3 Å². The van der Waals surface area contributed by atoms with Gasteiger partial charge in [-0.3, -0.25) is 0 Å². The molecule has 2 rings (SSSR count). The van der Waals surface area contributed by atoms with Crippen molar-refractivity contribution in [3.8, 4) is 0 Å². The topological polar surface area (TPSA) is 83.6 Å². The fraction of sp³-hybridized carbons (Fsp3) is 0.750. The fourth-order valence-corrected chi connectivity index (χ4v) is 4.43. The van der Waals surface area contributed by atoms with Gasteiger partial charge in [0, 0.05) is 13.1 Å². The molecule has 0 amide bonds. The maximum atomic E-state index is 12.5. The normalized spacial score (nSPS) is 20.3. The highest BCUT2D eigenvalue weighted by Gasteiger charge is 2.45. The second-order valence-electron chi connectivity index (χ2n) is 5.38. The van der Waals surface area contributed by atoms with Gasteiger partial charge in [0.1, 0.15) is 10.6 Å². The van der Waals surface area contributed by atoms with E-state index in [1.807, 2.05) is 0 Å². The zero-order valence-corrected chi connectivity index (χ0v) is 12.9. The number of hydrogen-bond donors (Lipinski definition) is 1. The van der Waals surface area contributed by atoms with Crippen LogP contribution in [-0.4, -0.2) is 48.4 Å². The molecule has 1 aliphatic rings. The van der Waals surface area contributed by atoms with Crippen LogP contribution >= 0.6 is 0 Å². The van der Waals surface area contributed by atoms with Gasteiger partial charge in [-0.15, -0.1) is 0 Å². The Morgan fingerprint density at radius 3 is 2.27 bits per heavy atom. The zero-order valence-electron chi connectivity index (χ0n) is 12.1. The van der Waals surface area contributed by atoms with E-state index < -0.39 is 28.2 Å². The van der Waals surface area contributed by atoms with E-state index in [4.69, 9.17) is 4.52 Å². The Kier molecular flexibility index (Phi) is 4.56. The number of sulfonamides is 1. The predicted octanol–water partition coefficient (Wildman–Crippen LogP) is 1.62. The number of rotatable bonds is 3. The monoisotopic (exact) mass is 342 g/mol. The van der Waals surface area contributed by atoms with E-state index in [0.717, 1.165) is 4.31 Å². The minimum atomic E-state index is -4.69. The molecule has 0 spiro atoms. The molecule has 1 atom stereocenters. The van der Waals surface area contributed by atoms with Crippen LogP contribution < -0.4 is 0 Å². The smallest absolute Gasteiger partial charge is 0.383 e. The molecule has 1 fully saturated rings. The van der Waals surface area contributed by atoms with Gasteiger partial charge in [0.05, 0.1) is 0 Å².